The number of benzene rings is 2. The van der Waals surface area contributed by atoms with Gasteiger partial charge in [-0.2, -0.15) is 0 Å². The first-order chi connectivity index (χ1) is 15.0. The number of hydrogen-bond acceptors (Lipinski definition) is 5. The predicted molar refractivity (Wildman–Crippen MR) is 136 cm³/mol. The number of nitrogens with one attached hydrogen (secondary N) is 2. The lowest BCUT2D eigenvalue weighted by Gasteiger charge is -2.36. The zero-order valence-corrected chi connectivity index (χ0v) is 20.6. The number of carbonyl (C=O) groups is 2. The number of carbonyl (C=O) groups excluding carboxylic acids is 1. The summed E-state index contributed by atoms with van der Waals surface area (Å²) in [5.41, 5.74) is 1.71. The van der Waals surface area contributed by atoms with E-state index in [0.717, 1.165) is 44.2 Å². The summed E-state index contributed by atoms with van der Waals surface area (Å²) in [7, 11) is 1.39. The minimum atomic E-state index is -1.08. The van der Waals surface area contributed by atoms with Crippen LogP contribution in [-0.2, 0) is 0 Å². The summed E-state index contributed by atoms with van der Waals surface area (Å²) in [5.74, 6) is -0.884. The van der Waals surface area contributed by atoms with Gasteiger partial charge < -0.3 is 25.4 Å². The van der Waals surface area contributed by atoms with Crippen molar-refractivity contribution >= 4 is 59.8 Å². The van der Waals surface area contributed by atoms with Crippen LogP contribution in [0.2, 0.25) is 5.02 Å². The third-order valence-corrected chi connectivity index (χ3v) is 5.44. The summed E-state index contributed by atoms with van der Waals surface area (Å²) < 4.78 is 5.07. The highest BCUT2D eigenvalue weighted by Gasteiger charge is 2.17. The first kappa shape index (κ1) is 28.6. The number of urea groups is 1. The number of methoxy groups -OCH3 is 1. The molecule has 1 aliphatic heterocycles. The Morgan fingerprint density at radius 2 is 1.73 bits per heavy atom. The number of piperazine rings is 1. The van der Waals surface area contributed by atoms with E-state index in [4.69, 9.17) is 21.4 Å². The van der Waals surface area contributed by atoms with Gasteiger partial charge in [0.25, 0.3) is 0 Å². The molecule has 0 atom stereocenters. The van der Waals surface area contributed by atoms with Crippen LogP contribution in [0, 0.1) is 0 Å². The monoisotopic (exact) mass is 518 g/mol. The van der Waals surface area contributed by atoms with Crippen molar-refractivity contribution in [2.24, 2.45) is 0 Å². The first-order valence-corrected chi connectivity index (χ1v) is 10.5. The van der Waals surface area contributed by atoms with Crippen LogP contribution in [0.1, 0.15) is 16.8 Å². The van der Waals surface area contributed by atoms with Crippen LogP contribution in [0.25, 0.3) is 0 Å². The van der Waals surface area contributed by atoms with Gasteiger partial charge in [-0.3, -0.25) is 4.90 Å². The second kappa shape index (κ2) is 14.0. The van der Waals surface area contributed by atoms with Crippen molar-refractivity contribution in [1.82, 2.24) is 10.2 Å². The van der Waals surface area contributed by atoms with Gasteiger partial charge in [0.1, 0.15) is 11.3 Å². The van der Waals surface area contributed by atoms with E-state index in [1.54, 1.807) is 0 Å². The molecule has 2 aromatic rings. The molecule has 0 radical (unpaired) electrons. The van der Waals surface area contributed by atoms with Crippen LogP contribution in [0.5, 0.6) is 5.75 Å². The van der Waals surface area contributed by atoms with Gasteiger partial charge in [0.15, 0.2) is 0 Å². The highest BCUT2D eigenvalue weighted by molar-refractivity contribution is 6.30. The SMILES string of the molecule is COc1cc(NC(=O)NCCCN2CCN(c3ccc(Cl)cc3)CC2)ccc1C(=O)O.Cl.Cl. The first-order valence-electron chi connectivity index (χ1n) is 10.2. The lowest BCUT2D eigenvalue weighted by Crippen LogP contribution is -2.47. The highest BCUT2D eigenvalue weighted by atomic mass is 35.5. The van der Waals surface area contributed by atoms with Gasteiger partial charge in [0, 0.05) is 55.2 Å². The minimum Gasteiger partial charge on any atom is -0.496 e. The second-order valence-electron chi connectivity index (χ2n) is 7.26. The maximum Gasteiger partial charge on any atom is 0.339 e. The molecule has 11 heteroatoms. The molecule has 2 aromatic carbocycles. The average Bonchev–Trinajstić information content (AvgIpc) is 2.77. The van der Waals surface area contributed by atoms with Gasteiger partial charge in [-0.15, -0.1) is 24.8 Å². The van der Waals surface area contributed by atoms with E-state index in [0.29, 0.717) is 12.2 Å². The van der Waals surface area contributed by atoms with E-state index in [2.05, 4.69) is 20.4 Å². The third-order valence-electron chi connectivity index (χ3n) is 5.19. The number of rotatable bonds is 8. The molecule has 1 heterocycles. The van der Waals surface area contributed by atoms with Gasteiger partial charge in [-0.25, -0.2) is 9.59 Å². The quantitative estimate of drug-likeness (QED) is 0.452. The van der Waals surface area contributed by atoms with E-state index < -0.39 is 5.97 Å². The number of anilines is 2. The number of halogens is 3. The van der Waals surface area contributed by atoms with E-state index in [-0.39, 0.29) is 42.2 Å². The largest absolute Gasteiger partial charge is 0.496 e. The van der Waals surface area contributed by atoms with Crippen molar-refractivity contribution < 1.29 is 19.4 Å². The molecule has 0 saturated carbocycles. The molecule has 0 aliphatic carbocycles. The molecule has 0 aromatic heterocycles. The molecule has 1 aliphatic rings. The van der Waals surface area contributed by atoms with Crippen molar-refractivity contribution in [3.8, 4) is 5.75 Å². The van der Waals surface area contributed by atoms with Crippen LogP contribution in [0.3, 0.4) is 0 Å². The summed E-state index contributed by atoms with van der Waals surface area (Å²) in [6, 6.07) is 12.0. The molecule has 3 N–H and O–H groups in total. The van der Waals surface area contributed by atoms with Gasteiger partial charge >= 0.3 is 12.0 Å². The van der Waals surface area contributed by atoms with E-state index in [1.807, 2.05) is 24.3 Å². The molecule has 1 saturated heterocycles. The van der Waals surface area contributed by atoms with Crippen LogP contribution in [0.15, 0.2) is 42.5 Å². The molecular weight excluding hydrogens is 491 g/mol. The molecule has 0 spiro atoms. The Hall–Kier alpha value is -2.39. The maximum atomic E-state index is 12.1. The minimum absolute atomic E-state index is 0. The summed E-state index contributed by atoms with van der Waals surface area (Å²) in [5, 5.41) is 15.4. The van der Waals surface area contributed by atoms with Gasteiger partial charge in [0.05, 0.1) is 7.11 Å². The summed E-state index contributed by atoms with van der Waals surface area (Å²) >= 11 is 5.96. The highest BCUT2D eigenvalue weighted by Crippen LogP contribution is 2.23. The fourth-order valence-corrected chi connectivity index (χ4v) is 3.63. The van der Waals surface area contributed by atoms with Gasteiger partial charge in [-0.05, 0) is 49.4 Å². The Kier molecular flexibility index (Phi) is 12.2. The molecular formula is C22H29Cl3N4O4. The van der Waals surface area contributed by atoms with Crippen molar-refractivity contribution in [2.75, 3.05) is 56.6 Å². The zero-order valence-electron chi connectivity index (χ0n) is 18.3. The number of nitrogens with zero attached hydrogens (tertiary/aromatic N) is 2. The lowest BCUT2D eigenvalue weighted by atomic mass is 10.2. The fourth-order valence-electron chi connectivity index (χ4n) is 3.51. The lowest BCUT2D eigenvalue weighted by molar-refractivity contribution is 0.0693. The van der Waals surface area contributed by atoms with E-state index in [9.17, 15) is 9.59 Å². The molecule has 33 heavy (non-hydrogen) atoms. The molecule has 0 unspecified atom stereocenters. The summed E-state index contributed by atoms with van der Waals surface area (Å²) in [4.78, 5) is 28.0. The normalized spacial score (nSPS) is 13.3. The van der Waals surface area contributed by atoms with E-state index >= 15 is 0 Å². The number of amides is 2. The van der Waals surface area contributed by atoms with Crippen molar-refractivity contribution in [3.63, 3.8) is 0 Å². The summed E-state index contributed by atoms with van der Waals surface area (Å²) in [6.07, 6.45) is 0.843. The zero-order chi connectivity index (χ0) is 22.2. The van der Waals surface area contributed by atoms with Gasteiger partial charge in [-0.1, -0.05) is 11.6 Å². The van der Waals surface area contributed by atoms with Crippen LogP contribution < -0.4 is 20.3 Å². The Morgan fingerprint density at radius 3 is 2.33 bits per heavy atom. The smallest absolute Gasteiger partial charge is 0.339 e. The Balaban J connectivity index is 0.00000272. The second-order valence-corrected chi connectivity index (χ2v) is 7.70. The van der Waals surface area contributed by atoms with Gasteiger partial charge in [0.2, 0.25) is 0 Å². The molecule has 1 fully saturated rings. The number of aromatic carboxylic acids is 1. The average molecular weight is 520 g/mol. The van der Waals surface area contributed by atoms with Crippen LogP contribution >= 0.6 is 36.4 Å². The summed E-state index contributed by atoms with van der Waals surface area (Å²) in [6.45, 7) is 5.34. The van der Waals surface area contributed by atoms with Crippen molar-refractivity contribution in [1.29, 1.82) is 0 Å². The number of carboxylic acid groups (broad SMARTS) is 1. The Morgan fingerprint density at radius 1 is 1.06 bits per heavy atom. The Labute approximate surface area is 211 Å². The molecule has 2 amide bonds. The number of hydrogen-bond donors (Lipinski definition) is 3. The van der Waals surface area contributed by atoms with Crippen molar-refractivity contribution in [3.05, 3.63) is 53.1 Å². The standard InChI is InChI=1S/C22H27ClN4O4.2ClH/c1-31-20-15-17(5-8-19(20)21(28)29)25-22(30)24-9-2-10-26-11-13-27(14-12-26)18-6-3-16(23)4-7-18;;/h3-8,15H,2,9-14H2,1H3,(H,28,29)(H2,24,25,30);2*1H. The third kappa shape index (κ3) is 8.47. The topological polar surface area (TPSA) is 94.1 Å². The number of ether oxygens (including phenoxy) is 1. The molecule has 8 nitrogen and oxygen atoms in total. The maximum absolute atomic E-state index is 12.1. The molecule has 0 bridgehead atoms. The Bertz CT molecular complexity index is 907. The predicted octanol–water partition coefficient (Wildman–Crippen LogP) is 4.22. The fraction of sp³-hybridized carbons (Fsp3) is 0.364. The number of carboxylic acids is 1. The molecule has 3 rings (SSSR count). The van der Waals surface area contributed by atoms with E-state index in [1.165, 1.54) is 31.0 Å². The van der Waals surface area contributed by atoms with Crippen molar-refractivity contribution in [2.45, 2.75) is 6.42 Å². The molecule has 182 valence electrons. The van der Waals surface area contributed by atoms with Crippen LogP contribution in [-0.4, -0.2) is 68.4 Å². The van der Waals surface area contributed by atoms with Crippen LogP contribution in [0.4, 0.5) is 16.2 Å².